The second-order valence-electron chi connectivity index (χ2n) is 3.25. The fourth-order valence-corrected chi connectivity index (χ4v) is 2.20. The van der Waals surface area contributed by atoms with Gasteiger partial charge < -0.3 is 11.1 Å². The SMILES string of the molecule is N[C@H]1CC[C@@H]2NCC[C@@H]21. The molecule has 0 aromatic heterocycles. The molecule has 2 nitrogen and oxygen atoms in total. The van der Waals surface area contributed by atoms with Gasteiger partial charge >= 0.3 is 0 Å². The summed E-state index contributed by atoms with van der Waals surface area (Å²) >= 11 is 0. The second-order valence-corrected chi connectivity index (χ2v) is 3.25. The molecule has 0 amide bonds. The van der Waals surface area contributed by atoms with Crippen molar-refractivity contribution in [3.05, 3.63) is 0 Å². The van der Waals surface area contributed by atoms with Crippen LogP contribution in [-0.4, -0.2) is 18.6 Å². The lowest BCUT2D eigenvalue weighted by atomic mass is 10.0. The molecule has 3 N–H and O–H groups in total. The summed E-state index contributed by atoms with van der Waals surface area (Å²) in [6, 6.07) is 1.28. The molecule has 3 atom stereocenters. The molecule has 1 saturated heterocycles. The van der Waals surface area contributed by atoms with Gasteiger partial charge in [-0.2, -0.15) is 0 Å². The summed E-state index contributed by atoms with van der Waals surface area (Å²) in [5.41, 5.74) is 5.88. The summed E-state index contributed by atoms with van der Waals surface area (Å²) in [6.07, 6.45) is 3.86. The summed E-state index contributed by atoms with van der Waals surface area (Å²) in [4.78, 5) is 0. The van der Waals surface area contributed by atoms with E-state index in [1.807, 2.05) is 0 Å². The average Bonchev–Trinajstić information content (AvgIpc) is 2.35. The van der Waals surface area contributed by atoms with Crippen LogP contribution in [0, 0.1) is 5.92 Å². The topological polar surface area (TPSA) is 38.0 Å². The molecular weight excluding hydrogens is 112 g/mol. The molecule has 0 aromatic rings. The Bertz CT molecular complexity index is 113. The van der Waals surface area contributed by atoms with Crippen LogP contribution in [0.25, 0.3) is 0 Å². The van der Waals surface area contributed by atoms with Crippen LogP contribution in [-0.2, 0) is 0 Å². The minimum atomic E-state index is 0.505. The van der Waals surface area contributed by atoms with Gasteiger partial charge in [0.15, 0.2) is 0 Å². The molecule has 1 aliphatic heterocycles. The first-order chi connectivity index (χ1) is 4.38. The highest BCUT2D eigenvalue weighted by molar-refractivity contribution is 4.95. The summed E-state index contributed by atoms with van der Waals surface area (Å²) < 4.78 is 0. The fraction of sp³-hybridized carbons (Fsp3) is 1.00. The van der Waals surface area contributed by atoms with Crippen molar-refractivity contribution in [2.45, 2.75) is 31.3 Å². The van der Waals surface area contributed by atoms with E-state index in [0.717, 1.165) is 12.0 Å². The molecule has 1 heterocycles. The van der Waals surface area contributed by atoms with Crippen molar-refractivity contribution in [3.8, 4) is 0 Å². The van der Waals surface area contributed by atoms with E-state index in [0.29, 0.717) is 6.04 Å². The lowest BCUT2D eigenvalue weighted by Crippen LogP contribution is -2.29. The highest BCUT2D eigenvalue weighted by Crippen LogP contribution is 2.30. The van der Waals surface area contributed by atoms with Crippen LogP contribution in [0.15, 0.2) is 0 Å². The van der Waals surface area contributed by atoms with Crippen LogP contribution in [0.2, 0.25) is 0 Å². The molecule has 0 spiro atoms. The van der Waals surface area contributed by atoms with Gasteiger partial charge in [0.2, 0.25) is 0 Å². The van der Waals surface area contributed by atoms with Gasteiger partial charge in [0.25, 0.3) is 0 Å². The quantitative estimate of drug-likeness (QED) is 0.482. The Morgan fingerprint density at radius 3 is 2.89 bits per heavy atom. The summed E-state index contributed by atoms with van der Waals surface area (Å²) in [6.45, 7) is 1.20. The maximum absolute atomic E-state index is 5.88. The van der Waals surface area contributed by atoms with Crippen LogP contribution in [0.3, 0.4) is 0 Å². The van der Waals surface area contributed by atoms with Crippen LogP contribution < -0.4 is 11.1 Å². The molecule has 1 saturated carbocycles. The van der Waals surface area contributed by atoms with Gasteiger partial charge in [-0.3, -0.25) is 0 Å². The zero-order chi connectivity index (χ0) is 6.27. The minimum Gasteiger partial charge on any atom is -0.327 e. The smallest absolute Gasteiger partial charge is 0.0111 e. The molecule has 52 valence electrons. The molecule has 2 heteroatoms. The molecule has 0 radical (unpaired) electrons. The molecule has 0 bridgehead atoms. The van der Waals surface area contributed by atoms with Crippen molar-refractivity contribution in [1.29, 1.82) is 0 Å². The molecule has 2 aliphatic rings. The van der Waals surface area contributed by atoms with E-state index in [1.54, 1.807) is 0 Å². The number of nitrogens with two attached hydrogens (primary N) is 1. The Morgan fingerprint density at radius 2 is 2.11 bits per heavy atom. The standard InChI is InChI=1S/C7H14N2/c8-6-1-2-7-5(6)3-4-9-7/h5-7,9H,1-4,8H2/t5-,6+,7+/m1/s1. The third-order valence-corrected chi connectivity index (χ3v) is 2.76. The van der Waals surface area contributed by atoms with E-state index in [9.17, 15) is 0 Å². The Kier molecular flexibility index (Phi) is 1.24. The van der Waals surface area contributed by atoms with Crippen molar-refractivity contribution in [2.24, 2.45) is 11.7 Å². The first-order valence-electron chi connectivity index (χ1n) is 3.87. The van der Waals surface area contributed by atoms with Gasteiger partial charge in [-0.25, -0.2) is 0 Å². The van der Waals surface area contributed by atoms with Gasteiger partial charge in [0.1, 0.15) is 0 Å². The number of rotatable bonds is 0. The van der Waals surface area contributed by atoms with E-state index in [1.165, 1.54) is 25.8 Å². The maximum Gasteiger partial charge on any atom is 0.0111 e. The Labute approximate surface area is 55.8 Å². The third kappa shape index (κ3) is 0.775. The van der Waals surface area contributed by atoms with E-state index in [-0.39, 0.29) is 0 Å². The third-order valence-electron chi connectivity index (χ3n) is 2.76. The normalized spacial score (nSPS) is 49.7. The summed E-state index contributed by atoms with van der Waals surface area (Å²) in [7, 11) is 0. The molecule has 2 rings (SSSR count). The van der Waals surface area contributed by atoms with Crippen molar-refractivity contribution in [1.82, 2.24) is 5.32 Å². The number of hydrogen-bond acceptors (Lipinski definition) is 2. The molecule has 1 aliphatic carbocycles. The first kappa shape index (κ1) is 5.69. The fourth-order valence-electron chi connectivity index (χ4n) is 2.20. The largest absolute Gasteiger partial charge is 0.327 e. The molecule has 2 fully saturated rings. The first-order valence-corrected chi connectivity index (χ1v) is 3.87. The van der Waals surface area contributed by atoms with Gasteiger partial charge in [-0.15, -0.1) is 0 Å². The highest BCUT2D eigenvalue weighted by atomic mass is 15.0. The second kappa shape index (κ2) is 1.96. The Hall–Kier alpha value is -0.0800. The summed E-state index contributed by atoms with van der Waals surface area (Å²) in [5.74, 6) is 0.810. The van der Waals surface area contributed by atoms with E-state index < -0.39 is 0 Å². The minimum absolute atomic E-state index is 0.505. The van der Waals surface area contributed by atoms with E-state index in [4.69, 9.17) is 5.73 Å². The van der Waals surface area contributed by atoms with Gasteiger partial charge in [0.05, 0.1) is 0 Å². The highest BCUT2D eigenvalue weighted by Gasteiger charge is 2.36. The lowest BCUT2D eigenvalue weighted by Gasteiger charge is -2.11. The van der Waals surface area contributed by atoms with Crippen LogP contribution in [0.1, 0.15) is 19.3 Å². The van der Waals surface area contributed by atoms with Crippen molar-refractivity contribution < 1.29 is 0 Å². The maximum atomic E-state index is 5.88. The Morgan fingerprint density at radius 1 is 1.22 bits per heavy atom. The monoisotopic (exact) mass is 126 g/mol. The molecule has 0 aromatic carbocycles. The average molecular weight is 126 g/mol. The van der Waals surface area contributed by atoms with Gasteiger partial charge in [-0.05, 0) is 31.7 Å². The Balaban J connectivity index is 2.07. The van der Waals surface area contributed by atoms with E-state index >= 15 is 0 Å². The van der Waals surface area contributed by atoms with Crippen molar-refractivity contribution >= 4 is 0 Å². The van der Waals surface area contributed by atoms with Gasteiger partial charge in [-0.1, -0.05) is 0 Å². The van der Waals surface area contributed by atoms with Crippen LogP contribution >= 0.6 is 0 Å². The van der Waals surface area contributed by atoms with E-state index in [2.05, 4.69) is 5.32 Å². The van der Waals surface area contributed by atoms with Crippen LogP contribution in [0.4, 0.5) is 0 Å². The molecule has 9 heavy (non-hydrogen) atoms. The van der Waals surface area contributed by atoms with Gasteiger partial charge in [0, 0.05) is 12.1 Å². The number of nitrogens with one attached hydrogen (secondary N) is 1. The predicted molar refractivity (Wildman–Crippen MR) is 37.1 cm³/mol. The number of hydrogen-bond donors (Lipinski definition) is 2. The predicted octanol–water partition coefficient (Wildman–Crippen LogP) is 0.0856. The zero-order valence-corrected chi connectivity index (χ0v) is 5.64. The molecule has 0 unspecified atom stereocenters. The lowest BCUT2D eigenvalue weighted by molar-refractivity contribution is 0.470. The molecular formula is C7H14N2. The zero-order valence-electron chi connectivity index (χ0n) is 5.64. The summed E-state index contributed by atoms with van der Waals surface area (Å²) in [5, 5.41) is 3.47. The van der Waals surface area contributed by atoms with Crippen molar-refractivity contribution in [2.75, 3.05) is 6.54 Å². The van der Waals surface area contributed by atoms with Crippen molar-refractivity contribution in [3.63, 3.8) is 0 Å². The number of fused-ring (bicyclic) bond motifs is 1. The van der Waals surface area contributed by atoms with Crippen LogP contribution in [0.5, 0.6) is 0 Å².